The standard InChI is InChI=1S/C10H13ClF2N2.ClH/c11-6-3-4-7(12)9(10(6)13)8(15)2-1-5-14;/h3-4,8H,1-2,5,14-15H2;1H/t8-;/m0./s1. The van der Waals surface area contributed by atoms with Gasteiger partial charge in [-0.05, 0) is 31.5 Å². The summed E-state index contributed by atoms with van der Waals surface area (Å²) in [7, 11) is 0. The zero-order valence-electron chi connectivity index (χ0n) is 8.55. The minimum Gasteiger partial charge on any atom is -0.330 e. The largest absolute Gasteiger partial charge is 0.330 e. The van der Waals surface area contributed by atoms with E-state index in [1.807, 2.05) is 0 Å². The second-order valence-corrected chi connectivity index (χ2v) is 3.70. The predicted octanol–water partition coefficient (Wildman–Crippen LogP) is 2.78. The maximum absolute atomic E-state index is 13.5. The van der Waals surface area contributed by atoms with Crippen LogP contribution in [-0.2, 0) is 0 Å². The van der Waals surface area contributed by atoms with Gasteiger partial charge in [0.25, 0.3) is 0 Å². The van der Waals surface area contributed by atoms with Crippen LogP contribution in [0.25, 0.3) is 0 Å². The molecular weight excluding hydrogens is 257 g/mol. The molecule has 6 heteroatoms. The lowest BCUT2D eigenvalue weighted by atomic mass is 10.0. The molecule has 0 unspecified atom stereocenters. The average Bonchev–Trinajstić information content (AvgIpc) is 2.21. The van der Waals surface area contributed by atoms with Crippen LogP contribution in [0.2, 0.25) is 5.02 Å². The number of nitrogens with two attached hydrogens (primary N) is 2. The number of hydrogen-bond donors (Lipinski definition) is 2. The van der Waals surface area contributed by atoms with Gasteiger partial charge in [-0.25, -0.2) is 8.78 Å². The highest BCUT2D eigenvalue weighted by Gasteiger charge is 2.18. The highest BCUT2D eigenvalue weighted by Crippen LogP contribution is 2.27. The predicted molar refractivity (Wildman–Crippen MR) is 63.8 cm³/mol. The quantitative estimate of drug-likeness (QED) is 0.827. The van der Waals surface area contributed by atoms with Crippen molar-refractivity contribution in [3.63, 3.8) is 0 Å². The molecule has 0 amide bonds. The van der Waals surface area contributed by atoms with E-state index >= 15 is 0 Å². The fraction of sp³-hybridized carbons (Fsp3) is 0.400. The Balaban J connectivity index is 0.00000225. The summed E-state index contributed by atoms with van der Waals surface area (Å²) in [5.74, 6) is -1.44. The van der Waals surface area contributed by atoms with Gasteiger partial charge in [0.15, 0.2) is 0 Å². The topological polar surface area (TPSA) is 52.0 Å². The van der Waals surface area contributed by atoms with Crippen LogP contribution in [-0.4, -0.2) is 6.54 Å². The molecule has 0 radical (unpaired) electrons. The zero-order valence-corrected chi connectivity index (χ0v) is 10.1. The summed E-state index contributed by atoms with van der Waals surface area (Å²) in [5.41, 5.74) is 10.8. The van der Waals surface area contributed by atoms with E-state index in [0.717, 1.165) is 6.07 Å². The Kier molecular flexibility index (Phi) is 6.83. The third-order valence-corrected chi connectivity index (χ3v) is 2.46. The van der Waals surface area contributed by atoms with Gasteiger partial charge in [-0.2, -0.15) is 0 Å². The Hall–Kier alpha value is -0.420. The van der Waals surface area contributed by atoms with Crippen LogP contribution in [0, 0.1) is 11.6 Å². The van der Waals surface area contributed by atoms with E-state index in [4.69, 9.17) is 23.1 Å². The Morgan fingerprint density at radius 2 is 1.94 bits per heavy atom. The lowest BCUT2D eigenvalue weighted by molar-refractivity contribution is 0.506. The molecule has 0 bridgehead atoms. The first-order valence-corrected chi connectivity index (χ1v) is 5.04. The molecule has 1 aromatic carbocycles. The molecule has 0 spiro atoms. The summed E-state index contributed by atoms with van der Waals surface area (Å²) in [4.78, 5) is 0. The summed E-state index contributed by atoms with van der Waals surface area (Å²) in [6.45, 7) is 0.442. The molecule has 2 nitrogen and oxygen atoms in total. The molecule has 1 aromatic rings. The lowest BCUT2D eigenvalue weighted by Gasteiger charge is -2.13. The van der Waals surface area contributed by atoms with Crippen molar-refractivity contribution in [1.29, 1.82) is 0 Å². The molecule has 4 N–H and O–H groups in total. The van der Waals surface area contributed by atoms with Crippen molar-refractivity contribution in [2.75, 3.05) is 6.54 Å². The van der Waals surface area contributed by atoms with Gasteiger partial charge in [-0.15, -0.1) is 12.4 Å². The van der Waals surface area contributed by atoms with Crippen LogP contribution in [0.3, 0.4) is 0 Å². The third-order valence-electron chi connectivity index (χ3n) is 2.17. The maximum Gasteiger partial charge on any atom is 0.149 e. The van der Waals surface area contributed by atoms with E-state index in [1.165, 1.54) is 6.07 Å². The van der Waals surface area contributed by atoms with Gasteiger partial charge in [0, 0.05) is 11.6 Å². The monoisotopic (exact) mass is 270 g/mol. The normalized spacial score (nSPS) is 12.1. The minimum atomic E-state index is -0.777. The van der Waals surface area contributed by atoms with Crippen LogP contribution >= 0.6 is 24.0 Å². The Labute approximate surface area is 104 Å². The second-order valence-electron chi connectivity index (χ2n) is 3.29. The van der Waals surface area contributed by atoms with Gasteiger partial charge in [0.2, 0.25) is 0 Å². The van der Waals surface area contributed by atoms with Gasteiger partial charge in [0.1, 0.15) is 11.6 Å². The van der Waals surface area contributed by atoms with Crippen molar-refractivity contribution < 1.29 is 8.78 Å². The molecule has 1 atom stereocenters. The summed E-state index contributed by atoms with van der Waals surface area (Å²) in [6, 6.07) is 1.58. The van der Waals surface area contributed by atoms with Gasteiger partial charge >= 0.3 is 0 Å². The lowest BCUT2D eigenvalue weighted by Crippen LogP contribution is -2.16. The highest BCUT2D eigenvalue weighted by atomic mass is 35.5. The molecule has 0 aromatic heterocycles. The van der Waals surface area contributed by atoms with Gasteiger partial charge in [-0.3, -0.25) is 0 Å². The van der Waals surface area contributed by atoms with Crippen LogP contribution in [0.15, 0.2) is 12.1 Å². The van der Waals surface area contributed by atoms with Crippen molar-refractivity contribution in [2.45, 2.75) is 18.9 Å². The Morgan fingerprint density at radius 3 is 2.50 bits per heavy atom. The van der Waals surface area contributed by atoms with Crippen LogP contribution in [0.4, 0.5) is 8.78 Å². The van der Waals surface area contributed by atoms with Crippen molar-refractivity contribution in [2.24, 2.45) is 11.5 Å². The van der Waals surface area contributed by atoms with Gasteiger partial charge in [0.05, 0.1) is 5.02 Å². The van der Waals surface area contributed by atoms with E-state index in [9.17, 15) is 8.78 Å². The highest BCUT2D eigenvalue weighted by molar-refractivity contribution is 6.30. The SMILES string of the molecule is Cl.NCCC[C@H](N)c1c(F)ccc(Cl)c1F. The average molecular weight is 271 g/mol. The molecular formula is C10H14Cl2F2N2. The first kappa shape index (κ1) is 15.6. The van der Waals surface area contributed by atoms with Crippen LogP contribution < -0.4 is 11.5 Å². The Morgan fingerprint density at radius 1 is 1.31 bits per heavy atom. The molecule has 0 heterocycles. The first-order valence-electron chi connectivity index (χ1n) is 4.67. The number of halogens is 4. The number of hydrogen-bond acceptors (Lipinski definition) is 2. The fourth-order valence-electron chi connectivity index (χ4n) is 1.36. The second kappa shape index (κ2) is 7.01. The number of rotatable bonds is 4. The van der Waals surface area contributed by atoms with Crippen LogP contribution in [0.1, 0.15) is 24.4 Å². The first-order chi connectivity index (χ1) is 7.07. The molecule has 0 fully saturated rings. The molecule has 0 saturated carbocycles. The molecule has 92 valence electrons. The molecule has 0 saturated heterocycles. The van der Waals surface area contributed by atoms with Gasteiger partial charge < -0.3 is 11.5 Å². The van der Waals surface area contributed by atoms with Crippen LogP contribution in [0.5, 0.6) is 0 Å². The zero-order chi connectivity index (χ0) is 11.4. The van der Waals surface area contributed by atoms with Crippen molar-refractivity contribution >= 4 is 24.0 Å². The fourth-order valence-corrected chi connectivity index (χ4v) is 1.53. The summed E-state index contributed by atoms with van der Waals surface area (Å²) in [6.07, 6.45) is 1.05. The maximum atomic E-state index is 13.5. The van der Waals surface area contributed by atoms with Crippen molar-refractivity contribution in [1.82, 2.24) is 0 Å². The smallest absolute Gasteiger partial charge is 0.149 e. The molecule has 0 aliphatic rings. The van der Waals surface area contributed by atoms with E-state index in [2.05, 4.69) is 0 Å². The molecule has 1 rings (SSSR count). The number of benzene rings is 1. The summed E-state index contributed by atoms with van der Waals surface area (Å²) in [5, 5.41) is -0.116. The van der Waals surface area contributed by atoms with E-state index in [1.54, 1.807) is 0 Å². The molecule has 0 aliphatic heterocycles. The minimum absolute atomic E-state index is 0. The summed E-state index contributed by atoms with van der Waals surface area (Å²) < 4.78 is 26.8. The van der Waals surface area contributed by atoms with Crippen molar-refractivity contribution in [3.05, 3.63) is 34.4 Å². The summed E-state index contributed by atoms with van der Waals surface area (Å²) >= 11 is 5.54. The molecule has 16 heavy (non-hydrogen) atoms. The van der Waals surface area contributed by atoms with Crippen molar-refractivity contribution in [3.8, 4) is 0 Å². The van der Waals surface area contributed by atoms with Gasteiger partial charge in [-0.1, -0.05) is 11.6 Å². The van der Waals surface area contributed by atoms with E-state index in [0.29, 0.717) is 19.4 Å². The third kappa shape index (κ3) is 3.56. The Bertz CT molecular complexity index is 348. The molecule has 0 aliphatic carbocycles. The van der Waals surface area contributed by atoms with E-state index < -0.39 is 17.7 Å². The van der Waals surface area contributed by atoms with E-state index in [-0.39, 0.29) is 23.0 Å².